The number of aliphatic hydroxyl groups excluding tert-OH is 1. The molecular weight excluding hydrogens is 186 g/mol. The highest BCUT2D eigenvalue weighted by Crippen LogP contribution is 2.21. The molecule has 1 N–H and O–H groups in total. The zero-order valence-corrected chi connectivity index (χ0v) is 7.75. The van der Waals surface area contributed by atoms with Crippen molar-refractivity contribution in [2.45, 2.75) is 25.0 Å². The third-order valence-corrected chi connectivity index (χ3v) is 2.11. The molecule has 1 rings (SSSR count). The molecule has 0 aromatic heterocycles. The molecule has 14 heavy (non-hydrogen) atoms. The summed E-state index contributed by atoms with van der Waals surface area (Å²) in [6, 6.07) is -0.664. The molecule has 0 aromatic carbocycles. The van der Waals surface area contributed by atoms with Crippen LogP contribution in [0.25, 0.3) is 10.4 Å². The van der Waals surface area contributed by atoms with Crippen LogP contribution >= 0.6 is 0 Å². The molecule has 2 atom stereocenters. The normalized spacial score (nSPS) is 26.0. The van der Waals surface area contributed by atoms with E-state index in [4.69, 9.17) is 5.53 Å². The topological polar surface area (TPSA) is 95.3 Å². The van der Waals surface area contributed by atoms with Gasteiger partial charge in [-0.25, -0.2) is 4.79 Å². The number of ether oxygens (including phenoxy) is 1. The number of nitrogens with zero attached hydrogens (tertiary/aromatic N) is 3. The Hall–Kier alpha value is -1.52. The summed E-state index contributed by atoms with van der Waals surface area (Å²) in [5, 5.41) is 12.8. The Bertz CT molecular complexity index is 307. The fraction of sp³-hybridized carbons (Fsp3) is 0.625. The third-order valence-electron chi connectivity index (χ3n) is 2.11. The van der Waals surface area contributed by atoms with E-state index >= 15 is 0 Å². The van der Waals surface area contributed by atoms with Crippen LogP contribution in [0.2, 0.25) is 0 Å². The van der Waals surface area contributed by atoms with Crippen molar-refractivity contribution < 1.29 is 14.6 Å². The lowest BCUT2D eigenvalue weighted by molar-refractivity contribution is -0.136. The summed E-state index contributed by atoms with van der Waals surface area (Å²) in [6.45, 7) is 0. The van der Waals surface area contributed by atoms with Crippen LogP contribution in [0.3, 0.4) is 0 Å². The Morgan fingerprint density at radius 2 is 2.57 bits per heavy atom. The minimum atomic E-state index is -0.709. The standard InChI is InChI=1S/C8H11N3O3/c1-14-8(13)5-2-3-7(12)6(4-5)10-11-9/h4,6-7,12H,2-3H2,1H3/t6-,7+/m1/s1. The number of azide groups is 1. The van der Waals surface area contributed by atoms with E-state index in [-0.39, 0.29) is 0 Å². The van der Waals surface area contributed by atoms with Gasteiger partial charge in [0.1, 0.15) is 0 Å². The zero-order chi connectivity index (χ0) is 10.6. The number of carbonyl (C=O) groups excluding carboxylic acids is 1. The Morgan fingerprint density at radius 3 is 3.14 bits per heavy atom. The van der Waals surface area contributed by atoms with Crippen LogP contribution < -0.4 is 0 Å². The Labute approximate surface area is 80.8 Å². The van der Waals surface area contributed by atoms with Crippen LogP contribution in [0.5, 0.6) is 0 Å². The van der Waals surface area contributed by atoms with E-state index in [1.165, 1.54) is 13.2 Å². The second kappa shape index (κ2) is 4.64. The van der Waals surface area contributed by atoms with Gasteiger partial charge in [-0.15, -0.1) is 0 Å². The molecule has 0 bridgehead atoms. The number of rotatable bonds is 2. The smallest absolute Gasteiger partial charge is 0.333 e. The van der Waals surface area contributed by atoms with E-state index < -0.39 is 18.1 Å². The third kappa shape index (κ3) is 2.25. The van der Waals surface area contributed by atoms with E-state index in [0.717, 1.165) is 0 Å². The highest BCUT2D eigenvalue weighted by molar-refractivity contribution is 5.88. The lowest BCUT2D eigenvalue weighted by Gasteiger charge is -2.21. The first-order valence-corrected chi connectivity index (χ1v) is 4.20. The Balaban J connectivity index is 2.84. The second-order valence-corrected chi connectivity index (χ2v) is 2.99. The lowest BCUT2D eigenvalue weighted by Crippen LogP contribution is -2.27. The molecule has 0 amide bonds. The summed E-state index contributed by atoms with van der Waals surface area (Å²) in [7, 11) is 1.29. The number of aliphatic hydroxyl groups is 1. The highest BCUT2D eigenvalue weighted by Gasteiger charge is 2.24. The van der Waals surface area contributed by atoms with E-state index in [1.807, 2.05) is 0 Å². The maximum Gasteiger partial charge on any atom is 0.333 e. The van der Waals surface area contributed by atoms with Crippen LogP contribution in [0.15, 0.2) is 16.8 Å². The fourth-order valence-electron chi connectivity index (χ4n) is 1.35. The molecule has 0 spiro atoms. The monoisotopic (exact) mass is 197 g/mol. The van der Waals surface area contributed by atoms with Crippen molar-refractivity contribution in [3.05, 3.63) is 22.1 Å². The largest absolute Gasteiger partial charge is 0.466 e. The molecule has 76 valence electrons. The maximum absolute atomic E-state index is 11.1. The predicted octanol–water partition coefficient (Wildman–Crippen LogP) is 0.919. The molecule has 0 radical (unpaired) electrons. The number of hydrogen-bond donors (Lipinski definition) is 1. The molecule has 0 aromatic rings. The summed E-state index contributed by atoms with van der Waals surface area (Å²) in [5.74, 6) is -0.435. The van der Waals surface area contributed by atoms with Crippen molar-refractivity contribution in [3.63, 3.8) is 0 Å². The molecular formula is C8H11N3O3. The minimum absolute atomic E-state index is 0.407. The van der Waals surface area contributed by atoms with Crippen LogP contribution in [0.1, 0.15) is 12.8 Å². The summed E-state index contributed by atoms with van der Waals surface area (Å²) < 4.78 is 4.53. The fourth-order valence-corrected chi connectivity index (χ4v) is 1.35. The van der Waals surface area contributed by atoms with E-state index in [0.29, 0.717) is 18.4 Å². The molecule has 1 aliphatic carbocycles. The molecule has 0 unspecified atom stereocenters. The summed E-state index contributed by atoms with van der Waals surface area (Å²) in [4.78, 5) is 13.7. The predicted molar refractivity (Wildman–Crippen MR) is 48.3 cm³/mol. The van der Waals surface area contributed by atoms with Crippen molar-refractivity contribution in [1.29, 1.82) is 0 Å². The summed E-state index contributed by atoms with van der Waals surface area (Å²) in [5.41, 5.74) is 8.67. The second-order valence-electron chi connectivity index (χ2n) is 2.99. The molecule has 0 fully saturated rings. The zero-order valence-electron chi connectivity index (χ0n) is 7.75. The van der Waals surface area contributed by atoms with Crippen LogP contribution in [0.4, 0.5) is 0 Å². The van der Waals surface area contributed by atoms with Crippen molar-refractivity contribution in [3.8, 4) is 0 Å². The van der Waals surface area contributed by atoms with Crippen LogP contribution in [-0.2, 0) is 9.53 Å². The van der Waals surface area contributed by atoms with Crippen LogP contribution in [0, 0.1) is 0 Å². The summed E-state index contributed by atoms with van der Waals surface area (Å²) >= 11 is 0. The SMILES string of the molecule is COC(=O)C1=C[C@@H](N=[N+]=[N-])[C@@H](O)CC1. The first kappa shape index (κ1) is 10.6. The number of esters is 1. The van der Waals surface area contributed by atoms with Gasteiger partial charge in [-0.2, -0.15) is 0 Å². The van der Waals surface area contributed by atoms with Gasteiger partial charge in [0, 0.05) is 10.5 Å². The van der Waals surface area contributed by atoms with Gasteiger partial charge < -0.3 is 9.84 Å². The van der Waals surface area contributed by atoms with Gasteiger partial charge >= 0.3 is 5.97 Å². The van der Waals surface area contributed by atoms with Crippen molar-refractivity contribution >= 4 is 5.97 Å². The minimum Gasteiger partial charge on any atom is -0.466 e. The Morgan fingerprint density at radius 1 is 1.86 bits per heavy atom. The van der Waals surface area contributed by atoms with Gasteiger partial charge in [0.05, 0.1) is 19.3 Å². The molecule has 6 nitrogen and oxygen atoms in total. The maximum atomic E-state index is 11.1. The lowest BCUT2D eigenvalue weighted by atomic mass is 9.94. The van der Waals surface area contributed by atoms with Gasteiger partial charge in [-0.3, -0.25) is 0 Å². The molecule has 0 saturated heterocycles. The van der Waals surface area contributed by atoms with Gasteiger partial charge in [-0.1, -0.05) is 11.2 Å². The van der Waals surface area contributed by atoms with Crippen LogP contribution in [-0.4, -0.2) is 30.3 Å². The van der Waals surface area contributed by atoms with Gasteiger partial charge in [-0.05, 0) is 18.4 Å². The van der Waals surface area contributed by atoms with E-state index in [2.05, 4.69) is 14.8 Å². The summed E-state index contributed by atoms with van der Waals surface area (Å²) in [6.07, 6.45) is 1.61. The molecule has 0 heterocycles. The average Bonchev–Trinajstić information content (AvgIpc) is 2.20. The number of hydrogen-bond acceptors (Lipinski definition) is 4. The van der Waals surface area contributed by atoms with Crippen molar-refractivity contribution in [1.82, 2.24) is 0 Å². The van der Waals surface area contributed by atoms with Crippen molar-refractivity contribution in [2.75, 3.05) is 7.11 Å². The van der Waals surface area contributed by atoms with E-state index in [9.17, 15) is 9.90 Å². The first-order valence-electron chi connectivity index (χ1n) is 4.20. The molecule has 0 aliphatic heterocycles. The van der Waals surface area contributed by atoms with Crippen molar-refractivity contribution in [2.24, 2.45) is 5.11 Å². The Kier molecular flexibility index (Phi) is 3.50. The number of carbonyl (C=O) groups is 1. The highest BCUT2D eigenvalue weighted by atomic mass is 16.5. The number of methoxy groups -OCH3 is 1. The van der Waals surface area contributed by atoms with Gasteiger partial charge in [0.15, 0.2) is 0 Å². The molecule has 6 heteroatoms. The molecule has 0 saturated carbocycles. The quantitative estimate of drug-likeness (QED) is 0.308. The van der Waals surface area contributed by atoms with E-state index in [1.54, 1.807) is 0 Å². The molecule has 1 aliphatic rings. The first-order chi connectivity index (χ1) is 6.69. The average molecular weight is 197 g/mol. The van der Waals surface area contributed by atoms with Gasteiger partial charge in [0.2, 0.25) is 0 Å². The van der Waals surface area contributed by atoms with Gasteiger partial charge in [0.25, 0.3) is 0 Å².